The predicted molar refractivity (Wildman–Crippen MR) is 106 cm³/mol. The molecule has 0 spiro atoms. The van der Waals surface area contributed by atoms with Crippen molar-refractivity contribution in [3.63, 3.8) is 0 Å². The molecule has 0 aliphatic rings. The highest BCUT2D eigenvalue weighted by Gasteiger charge is 2.12. The van der Waals surface area contributed by atoms with Crippen molar-refractivity contribution in [2.75, 3.05) is 38.0 Å². The second-order valence-electron chi connectivity index (χ2n) is 5.09. The molecule has 0 saturated carbocycles. The minimum absolute atomic E-state index is 0.0519. The van der Waals surface area contributed by atoms with Crippen LogP contribution in [0, 0.1) is 3.57 Å². The fourth-order valence-electron chi connectivity index (χ4n) is 2.33. The van der Waals surface area contributed by atoms with E-state index in [9.17, 15) is 4.79 Å². The number of hydrogen-bond donors (Lipinski definition) is 4. The Morgan fingerprint density at radius 2 is 1.96 bits per heavy atom. The first-order valence-corrected chi connectivity index (χ1v) is 8.55. The molecule has 2 rings (SSSR count). The summed E-state index contributed by atoms with van der Waals surface area (Å²) in [5.41, 5.74) is 7.87. The van der Waals surface area contributed by atoms with Crippen LogP contribution >= 0.6 is 22.6 Å². The zero-order valence-electron chi connectivity index (χ0n) is 13.9. The average Bonchev–Trinajstić information content (AvgIpc) is 2.59. The topological polar surface area (TPSA) is 106 Å². The van der Waals surface area contributed by atoms with E-state index in [-0.39, 0.29) is 6.61 Å². The minimum atomic E-state index is -0.535. The number of primary amides is 1. The Kier molecular flexibility index (Phi) is 6.71. The first kappa shape index (κ1) is 19.1. The van der Waals surface area contributed by atoms with Gasteiger partial charge >= 0.3 is 0 Å². The van der Waals surface area contributed by atoms with Gasteiger partial charge < -0.3 is 30.9 Å². The van der Waals surface area contributed by atoms with Crippen LogP contribution in [0.1, 0.15) is 10.4 Å². The molecule has 0 atom stereocenters. The number of methoxy groups -OCH3 is 2. The summed E-state index contributed by atoms with van der Waals surface area (Å²) in [6.07, 6.45) is 0. The Morgan fingerprint density at radius 3 is 2.56 bits per heavy atom. The molecular weight excluding hydrogens is 437 g/mol. The molecule has 7 nitrogen and oxygen atoms in total. The summed E-state index contributed by atoms with van der Waals surface area (Å²) in [4.78, 5) is 11.5. The van der Waals surface area contributed by atoms with Gasteiger partial charge in [0, 0.05) is 29.7 Å². The summed E-state index contributed by atoms with van der Waals surface area (Å²) < 4.78 is 11.6. The number of aliphatic hydroxyl groups excluding tert-OH is 1. The van der Waals surface area contributed by atoms with Gasteiger partial charge in [0.1, 0.15) is 0 Å². The lowest BCUT2D eigenvalue weighted by atomic mass is 10.1. The predicted octanol–water partition coefficient (Wildman–Crippen LogP) is 2.56. The molecule has 1 amide bonds. The standard InChI is InChI=1S/C17H20IN3O4/c1-24-15-9-11(7-13(18)16(15)25-2)21-10-3-4-12(17(19)23)14(8-10)20-5-6-22/h3-4,7-9,20-22H,5-6H2,1-2H3,(H2,19,23). The number of ether oxygens (including phenoxy) is 2. The van der Waals surface area contributed by atoms with Gasteiger partial charge in [-0.25, -0.2) is 0 Å². The van der Waals surface area contributed by atoms with Crippen LogP contribution in [0.3, 0.4) is 0 Å². The highest BCUT2D eigenvalue weighted by Crippen LogP contribution is 2.36. The summed E-state index contributed by atoms with van der Waals surface area (Å²) in [5, 5.41) is 15.2. The van der Waals surface area contributed by atoms with Gasteiger partial charge in [0.05, 0.1) is 30.0 Å². The first-order chi connectivity index (χ1) is 12.0. The molecule has 25 heavy (non-hydrogen) atoms. The molecule has 2 aromatic rings. The molecule has 8 heteroatoms. The van der Waals surface area contributed by atoms with E-state index >= 15 is 0 Å². The number of nitrogens with one attached hydrogen (secondary N) is 2. The molecule has 0 fully saturated rings. The second-order valence-corrected chi connectivity index (χ2v) is 6.26. The van der Waals surface area contributed by atoms with Crippen LogP contribution in [0.2, 0.25) is 0 Å². The van der Waals surface area contributed by atoms with Crippen LogP contribution in [0.15, 0.2) is 30.3 Å². The molecule has 0 bridgehead atoms. The van der Waals surface area contributed by atoms with Crippen LogP contribution in [0.4, 0.5) is 17.1 Å². The van der Waals surface area contributed by atoms with E-state index < -0.39 is 5.91 Å². The number of amides is 1. The molecular formula is C17H20IN3O4. The molecule has 2 aromatic carbocycles. The monoisotopic (exact) mass is 457 g/mol. The molecule has 0 aliphatic heterocycles. The van der Waals surface area contributed by atoms with E-state index in [0.717, 1.165) is 14.9 Å². The maximum absolute atomic E-state index is 11.5. The van der Waals surface area contributed by atoms with Gasteiger partial charge in [-0.1, -0.05) is 0 Å². The Morgan fingerprint density at radius 1 is 1.20 bits per heavy atom. The van der Waals surface area contributed by atoms with E-state index in [1.165, 1.54) is 0 Å². The van der Waals surface area contributed by atoms with Crippen LogP contribution in [-0.4, -0.2) is 38.4 Å². The summed E-state index contributed by atoms with van der Waals surface area (Å²) in [6, 6.07) is 8.90. The number of hydrogen-bond acceptors (Lipinski definition) is 6. The number of aliphatic hydroxyl groups is 1. The molecule has 0 saturated heterocycles. The number of anilines is 3. The summed E-state index contributed by atoms with van der Waals surface area (Å²) in [5.74, 6) is 0.750. The van der Waals surface area contributed by atoms with Crippen molar-refractivity contribution < 1.29 is 19.4 Å². The summed E-state index contributed by atoms with van der Waals surface area (Å²) >= 11 is 2.17. The molecule has 0 heterocycles. The van der Waals surface area contributed by atoms with Crippen LogP contribution in [0.25, 0.3) is 0 Å². The number of nitrogens with two attached hydrogens (primary N) is 1. The lowest BCUT2D eigenvalue weighted by Crippen LogP contribution is -2.16. The quantitative estimate of drug-likeness (QED) is 0.455. The Hall–Kier alpha value is -2.20. The van der Waals surface area contributed by atoms with Crippen molar-refractivity contribution in [2.45, 2.75) is 0 Å². The van der Waals surface area contributed by atoms with Crippen LogP contribution in [-0.2, 0) is 0 Å². The SMILES string of the molecule is COc1cc(Nc2ccc(C(N)=O)c(NCCO)c2)cc(I)c1OC. The number of rotatable bonds is 8. The minimum Gasteiger partial charge on any atom is -0.493 e. The maximum Gasteiger partial charge on any atom is 0.250 e. The maximum atomic E-state index is 11.5. The van der Waals surface area contributed by atoms with E-state index in [0.29, 0.717) is 29.3 Å². The third-order valence-corrected chi connectivity index (χ3v) is 4.24. The van der Waals surface area contributed by atoms with Crippen molar-refractivity contribution in [2.24, 2.45) is 5.73 Å². The third-order valence-electron chi connectivity index (χ3n) is 3.43. The number of halogens is 1. The van der Waals surface area contributed by atoms with Gasteiger partial charge in [0.2, 0.25) is 0 Å². The van der Waals surface area contributed by atoms with Crippen molar-refractivity contribution >= 4 is 45.6 Å². The summed E-state index contributed by atoms with van der Waals surface area (Å²) in [6.45, 7) is 0.266. The smallest absolute Gasteiger partial charge is 0.250 e. The van der Waals surface area contributed by atoms with Crippen LogP contribution < -0.4 is 25.8 Å². The van der Waals surface area contributed by atoms with Crippen molar-refractivity contribution in [1.29, 1.82) is 0 Å². The third kappa shape index (κ3) is 4.67. The highest BCUT2D eigenvalue weighted by molar-refractivity contribution is 14.1. The number of carbonyl (C=O) groups excluding carboxylic acids is 1. The summed E-state index contributed by atoms with van der Waals surface area (Å²) in [7, 11) is 3.17. The fraction of sp³-hybridized carbons (Fsp3) is 0.235. The van der Waals surface area contributed by atoms with Gasteiger partial charge in [-0.2, -0.15) is 0 Å². The highest BCUT2D eigenvalue weighted by atomic mass is 127. The first-order valence-electron chi connectivity index (χ1n) is 7.47. The van der Waals surface area contributed by atoms with Crippen LogP contribution in [0.5, 0.6) is 11.5 Å². The normalized spacial score (nSPS) is 10.2. The van der Waals surface area contributed by atoms with E-state index in [1.807, 2.05) is 12.1 Å². The molecule has 0 aliphatic carbocycles. The Balaban J connectivity index is 2.34. The van der Waals surface area contributed by atoms with Crippen molar-refractivity contribution in [1.82, 2.24) is 0 Å². The molecule has 0 radical (unpaired) electrons. The number of carbonyl (C=O) groups is 1. The van der Waals surface area contributed by atoms with Crippen molar-refractivity contribution in [3.8, 4) is 11.5 Å². The van der Waals surface area contributed by atoms with Gasteiger partial charge in [-0.05, 0) is 46.9 Å². The zero-order chi connectivity index (χ0) is 18.4. The van der Waals surface area contributed by atoms with E-state index in [2.05, 4.69) is 33.2 Å². The fourth-order valence-corrected chi connectivity index (χ4v) is 3.15. The van der Waals surface area contributed by atoms with Gasteiger partial charge in [0.15, 0.2) is 11.5 Å². The van der Waals surface area contributed by atoms with Crippen molar-refractivity contribution in [3.05, 3.63) is 39.5 Å². The van der Waals surface area contributed by atoms with E-state index in [4.69, 9.17) is 20.3 Å². The van der Waals surface area contributed by atoms with E-state index in [1.54, 1.807) is 32.4 Å². The molecule has 134 valence electrons. The lowest BCUT2D eigenvalue weighted by molar-refractivity contribution is 0.100. The Labute approximate surface area is 159 Å². The zero-order valence-corrected chi connectivity index (χ0v) is 16.1. The molecule has 5 N–H and O–H groups in total. The average molecular weight is 457 g/mol. The second kappa shape index (κ2) is 8.77. The molecule has 0 aromatic heterocycles. The largest absolute Gasteiger partial charge is 0.493 e. The molecule has 0 unspecified atom stereocenters. The van der Waals surface area contributed by atoms with Gasteiger partial charge in [-0.15, -0.1) is 0 Å². The lowest BCUT2D eigenvalue weighted by Gasteiger charge is -2.15. The number of benzene rings is 2. The Bertz CT molecular complexity index is 768. The van der Waals surface area contributed by atoms with Gasteiger partial charge in [0.25, 0.3) is 5.91 Å². The van der Waals surface area contributed by atoms with Gasteiger partial charge in [-0.3, -0.25) is 4.79 Å².